The second-order valence-corrected chi connectivity index (χ2v) is 6.78. The average Bonchev–Trinajstić information content (AvgIpc) is 2.56. The van der Waals surface area contributed by atoms with Gasteiger partial charge in [0.15, 0.2) is 0 Å². The van der Waals surface area contributed by atoms with E-state index < -0.39 is 16.0 Å². The molecule has 0 spiro atoms. The number of ether oxygens (including phenoxy) is 1. The van der Waals surface area contributed by atoms with Crippen LogP contribution >= 0.6 is 11.6 Å². The number of hydrogen-bond acceptors (Lipinski definition) is 5. The first kappa shape index (κ1) is 17.4. The summed E-state index contributed by atoms with van der Waals surface area (Å²) in [4.78, 5) is 16.7. The molecule has 0 aliphatic rings. The first-order chi connectivity index (χ1) is 10.9. The molecule has 0 fully saturated rings. The second kappa shape index (κ2) is 7.10. The number of hydroxylamine groups is 1. The summed E-state index contributed by atoms with van der Waals surface area (Å²) in [5.41, 5.74) is 0.198. The number of hydrogen-bond donors (Lipinski definition) is 0. The van der Waals surface area contributed by atoms with Crippen LogP contribution in [-0.4, -0.2) is 33.0 Å². The number of carbonyl (C=O) groups is 1. The van der Waals surface area contributed by atoms with Crippen LogP contribution < -0.4 is 4.74 Å². The number of carbonyl (C=O) groups excluding carboxylic acids is 1. The number of rotatable bonds is 5. The van der Waals surface area contributed by atoms with E-state index in [9.17, 15) is 13.2 Å². The van der Waals surface area contributed by atoms with Crippen LogP contribution in [0.2, 0.25) is 5.02 Å². The van der Waals surface area contributed by atoms with E-state index in [-0.39, 0.29) is 16.2 Å². The summed E-state index contributed by atoms with van der Waals surface area (Å²) in [5, 5.41) is 0.307. The second-order valence-electron chi connectivity index (χ2n) is 4.44. The van der Waals surface area contributed by atoms with Gasteiger partial charge in [-0.1, -0.05) is 28.2 Å². The van der Waals surface area contributed by atoms with Crippen molar-refractivity contribution in [3.05, 3.63) is 59.1 Å². The third-order valence-corrected chi connectivity index (χ3v) is 5.03. The Kier molecular flexibility index (Phi) is 5.38. The number of benzene rings is 2. The number of esters is 1. The van der Waals surface area contributed by atoms with Crippen molar-refractivity contribution in [2.24, 2.45) is 0 Å². The van der Waals surface area contributed by atoms with Gasteiger partial charge in [-0.15, -0.1) is 0 Å². The summed E-state index contributed by atoms with van der Waals surface area (Å²) in [6.45, 7) is 0. The molecule has 0 aliphatic carbocycles. The lowest BCUT2D eigenvalue weighted by molar-refractivity contribution is -0.0258. The van der Waals surface area contributed by atoms with E-state index in [0.717, 1.165) is 4.47 Å². The van der Waals surface area contributed by atoms with Gasteiger partial charge in [0.05, 0.1) is 22.6 Å². The van der Waals surface area contributed by atoms with Gasteiger partial charge in [0, 0.05) is 7.05 Å². The van der Waals surface area contributed by atoms with E-state index in [1.54, 1.807) is 24.3 Å². The molecular weight excluding hydrogens is 342 g/mol. The van der Waals surface area contributed by atoms with Crippen molar-refractivity contribution in [1.82, 2.24) is 4.47 Å². The summed E-state index contributed by atoms with van der Waals surface area (Å²) < 4.78 is 30.0. The Bertz CT molecular complexity index is 805. The van der Waals surface area contributed by atoms with Crippen molar-refractivity contribution in [2.45, 2.75) is 4.90 Å². The molecule has 6 nitrogen and oxygen atoms in total. The van der Waals surface area contributed by atoms with Crippen LogP contribution in [0.15, 0.2) is 53.4 Å². The zero-order chi connectivity index (χ0) is 17.0. The number of para-hydroxylation sites is 1. The third kappa shape index (κ3) is 3.89. The van der Waals surface area contributed by atoms with Crippen LogP contribution in [-0.2, 0) is 14.9 Å². The normalized spacial score (nSPS) is 11.5. The Morgan fingerprint density at radius 3 is 2.26 bits per heavy atom. The summed E-state index contributed by atoms with van der Waals surface area (Å²) in [6.07, 6.45) is 0. The highest BCUT2D eigenvalue weighted by Crippen LogP contribution is 2.24. The highest BCUT2D eigenvalue weighted by Gasteiger charge is 2.21. The van der Waals surface area contributed by atoms with Crippen molar-refractivity contribution < 1.29 is 22.8 Å². The van der Waals surface area contributed by atoms with Crippen LogP contribution in [0.1, 0.15) is 10.4 Å². The molecule has 0 saturated heterocycles. The quantitative estimate of drug-likeness (QED) is 0.468. The average molecular weight is 356 g/mol. The van der Waals surface area contributed by atoms with Crippen molar-refractivity contribution in [3.8, 4) is 5.75 Å². The van der Waals surface area contributed by atoms with E-state index in [1.807, 2.05) is 0 Å². The largest absolute Gasteiger partial charge is 0.421 e. The van der Waals surface area contributed by atoms with Gasteiger partial charge in [-0.3, -0.25) is 4.84 Å². The Balaban J connectivity index is 2.20. The Morgan fingerprint density at radius 1 is 1.09 bits per heavy atom. The molecule has 0 heterocycles. The summed E-state index contributed by atoms with van der Waals surface area (Å²) in [7, 11) is -1.24. The van der Waals surface area contributed by atoms with E-state index in [2.05, 4.69) is 4.84 Å². The predicted molar refractivity (Wildman–Crippen MR) is 84.8 cm³/mol. The van der Waals surface area contributed by atoms with Gasteiger partial charge in [-0.25, -0.2) is 13.2 Å². The molecule has 0 aromatic heterocycles. The zero-order valence-electron chi connectivity index (χ0n) is 12.4. The number of nitrogens with zero attached hydrogens (tertiary/aromatic N) is 1. The van der Waals surface area contributed by atoms with Crippen LogP contribution in [0.5, 0.6) is 5.75 Å². The van der Waals surface area contributed by atoms with Gasteiger partial charge in [0.2, 0.25) is 0 Å². The van der Waals surface area contributed by atoms with Crippen LogP contribution in [0.25, 0.3) is 0 Å². The fourth-order valence-electron chi connectivity index (χ4n) is 1.70. The molecular formula is C15H14ClNO5S. The molecule has 0 bridgehead atoms. The molecule has 0 aliphatic heterocycles. The molecule has 8 heteroatoms. The van der Waals surface area contributed by atoms with Gasteiger partial charge >= 0.3 is 5.97 Å². The number of sulfonamides is 1. The fourth-order valence-corrected chi connectivity index (χ4v) is 2.84. The van der Waals surface area contributed by atoms with Crippen LogP contribution in [0.4, 0.5) is 0 Å². The molecule has 2 aromatic rings. The molecule has 0 amide bonds. The lowest BCUT2D eigenvalue weighted by atomic mass is 10.2. The van der Waals surface area contributed by atoms with Gasteiger partial charge in [-0.2, -0.15) is 0 Å². The lowest BCUT2D eigenvalue weighted by Gasteiger charge is -2.14. The van der Waals surface area contributed by atoms with E-state index in [4.69, 9.17) is 16.3 Å². The molecule has 0 unspecified atom stereocenters. The summed E-state index contributed by atoms with van der Waals surface area (Å²) >= 11 is 5.92. The number of halogens is 1. The Morgan fingerprint density at radius 2 is 1.70 bits per heavy atom. The van der Waals surface area contributed by atoms with Crippen molar-refractivity contribution >= 4 is 27.6 Å². The monoisotopic (exact) mass is 355 g/mol. The van der Waals surface area contributed by atoms with Crippen LogP contribution in [0, 0.1) is 0 Å². The van der Waals surface area contributed by atoms with Gasteiger partial charge < -0.3 is 4.74 Å². The standard InChI is InChI=1S/C15H14ClNO5S/c1-17(21-2)23(19,20)12-9-7-11(8-10-12)15(18)22-14-6-4-3-5-13(14)16/h3-10H,1-2H3. The molecule has 0 radical (unpaired) electrons. The minimum Gasteiger partial charge on any atom is -0.421 e. The topological polar surface area (TPSA) is 72.9 Å². The van der Waals surface area contributed by atoms with Crippen LogP contribution in [0.3, 0.4) is 0 Å². The van der Waals surface area contributed by atoms with E-state index in [1.165, 1.54) is 38.4 Å². The first-order valence-corrected chi connectivity index (χ1v) is 8.28. The Labute approximate surface area is 139 Å². The summed E-state index contributed by atoms with van der Waals surface area (Å²) in [6, 6.07) is 11.9. The first-order valence-electron chi connectivity index (χ1n) is 6.46. The predicted octanol–water partition coefficient (Wildman–Crippen LogP) is 2.74. The Hall–Kier alpha value is -1.93. The van der Waals surface area contributed by atoms with Crippen molar-refractivity contribution in [1.29, 1.82) is 0 Å². The fraction of sp³-hybridized carbons (Fsp3) is 0.133. The summed E-state index contributed by atoms with van der Waals surface area (Å²) in [5.74, 6) is -0.405. The van der Waals surface area contributed by atoms with Crippen molar-refractivity contribution in [2.75, 3.05) is 14.2 Å². The molecule has 2 rings (SSSR count). The lowest BCUT2D eigenvalue weighted by Crippen LogP contribution is -2.25. The minimum absolute atomic E-state index is 0.00357. The molecule has 0 N–H and O–H groups in total. The minimum atomic E-state index is -3.76. The SMILES string of the molecule is CON(C)S(=O)(=O)c1ccc(C(=O)Oc2ccccc2Cl)cc1. The zero-order valence-corrected chi connectivity index (χ0v) is 14.0. The maximum absolute atomic E-state index is 12.1. The third-order valence-electron chi connectivity index (χ3n) is 3.02. The molecule has 122 valence electrons. The van der Waals surface area contributed by atoms with Gasteiger partial charge in [-0.05, 0) is 36.4 Å². The maximum atomic E-state index is 12.1. The van der Waals surface area contributed by atoms with E-state index >= 15 is 0 Å². The maximum Gasteiger partial charge on any atom is 0.343 e. The van der Waals surface area contributed by atoms with E-state index in [0.29, 0.717) is 5.02 Å². The highest BCUT2D eigenvalue weighted by atomic mass is 35.5. The molecule has 0 saturated carbocycles. The molecule has 0 atom stereocenters. The van der Waals surface area contributed by atoms with Gasteiger partial charge in [0.1, 0.15) is 5.75 Å². The van der Waals surface area contributed by atoms with Gasteiger partial charge in [0.25, 0.3) is 10.0 Å². The highest BCUT2D eigenvalue weighted by molar-refractivity contribution is 7.89. The smallest absolute Gasteiger partial charge is 0.343 e. The van der Waals surface area contributed by atoms with Crippen molar-refractivity contribution in [3.63, 3.8) is 0 Å². The molecule has 23 heavy (non-hydrogen) atoms. The molecule has 2 aromatic carbocycles.